The van der Waals surface area contributed by atoms with Gasteiger partial charge in [0.05, 0.1) is 36.8 Å². The van der Waals surface area contributed by atoms with Crippen molar-refractivity contribution in [3.05, 3.63) is 12.7 Å². The van der Waals surface area contributed by atoms with Crippen LogP contribution in [0, 0.1) is 0 Å². The second kappa shape index (κ2) is 23.0. The summed E-state index contributed by atoms with van der Waals surface area (Å²) in [5, 5.41) is 94.7. The van der Waals surface area contributed by atoms with Crippen molar-refractivity contribution in [2.24, 2.45) is 0 Å². The van der Waals surface area contributed by atoms with E-state index in [0.717, 1.165) is 39.0 Å². The Hall–Kier alpha value is -6.54. The van der Waals surface area contributed by atoms with Crippen LogP contribution in [-0.2, 0) is 9.59 Å². The molecule has 7 fully saturated rings. The number of aromatic nitrogens is 8. The molecule has 4 aromatic rings. The molecule has 8 heterocycles. The van der Waals surface area contributed by atoms with Gasteiger partial charge in [-0.05, 0) is 77.3 Å². The van der Waals surface area contributed by atoms with Crippen molar-refractivity contribution in [1.82, 2.24) is 81.6 Å². The van der Waals surface area contributed by atoms with Gasteiger partial charge in [0.25, 0.3) is 0 Å². The summed E-state index contributed by atoms with van der Waals surface area (Å²) in [5.74, 6) is 0.388. The molecule has 30 nitrogen and oxygen atoms in total. The first-order valence-electron chi connectivity index (χ1n) is 27.4. The average Bonchev–Trinajstić information content (AvgIpc) is 4.35. The molecule has 3 saturated carbocycles. The monoisotopic (exact) mass is 1090 g/mol. The van der Waals surface area contributed by atoms with Gasteiger partial charge < -0.3 is 103 Å². The third kappa shape index (κ3) is 11.3. The van der Waals surface area contributed by atoms with E-state index in [0.29, 0.717) is 111 Å². The lowest BCUT2D eigenvalue weighted by molar-refractivity contribution is -0.126. The van der Waals surface area contributed by atoms with Crippen LogP contribution >= 0.6 is 0 Å². The number of nitrogens with zero attached hydrogens (tertiary/aromatic N) is 10. The summed E-state index contributed by atoms with van der Waals surface area (Å²) < 4.78 is 3.40. The standard InChI is InChI=1S/C48H72N20O10/c69-19-33(71)59-29-13-31(39(75)37(29)73)67-21-51-35-41(61-45(63-43(35)67)65-11-7-27(17-65)57-47(77)55-25-5-9-49-15-25)53-23-1-2-24(4-3-23)54-42-36-44(68(22-52-36)32-14-30(38(74)40(32)76)60-34(72)20-70)64-46(62-42)66-12-8-28(18-66)58-48(78)56-26-6-10-50-16-26/h21-32,37-40,49-50,69-70,73-76H,1-20H2,(H,59,71)(H,60,72)(H,53,61,63)(H,54,62,64)(H2,55,57,77)(H2,56,58,78)/t23?,24?,25-,26-,27-,28-,29+,30+,31-,32-,37-,38-,39+,40+/m1/s1. The molecule has 4 aromatic heterocycles. The Bertz CT molecular complexity index is 2620. The van der Waals surface area contributed by atoms with Crippen LogP contribution < -0.4 is 63.0 Å². The lowest BCUT2D eigenvalue weighted by atomic mass is 9.91. The first kappa shape index (κ1) is 53.5. The van der Waals surface area contributed by atoms with Crippen LogP contribution in [-0.4, -0.2) is 232 Å². The number of fused-ring (bicyclic) bond motifs is 2. The number of hydrogen-bond acceptors (Lipinski definition) is 22. The molecule has 16 N–H and O–H groups in total. The van der Waals surface area contributed by atoms with Crippen LogP contribution in [0.4, 0.5) is 33.1 Å². The summed E-state index contributed by atoms with van der Waals surface area (Å²) in [6, 6.07) is -3.92. The number of imidazole rings is 2. The number of urea groups is 2. The number of carbonyl (C=O) groups is 4. The molecule has 0 unspecified atom stereocenters. The number of amides is 6. The summed E-state index contributed by atoms with van der Waals surface area (Å²) in [6.07, 6.45) is 3.99. The van der Waals surface area contributed by atoms with Crippen molar-refractivity contribution < 1.29 is 49.8 Å². The fourth-order valence-electron chi connectivity index (χ4n) is 12.4. The summed E-state index contributed by atoms with van der Waals surface area (Å²) in [4.78, 5) is 83.8. The quantitative estimate of drug-likeness (QED) is 0.0503. The number of aliphatic hydroxyl groups excluding tert-OH is 6. The number of rotatable bonds is 16. The van der Waals surface area contributed by atoms with Crippen LogP contribution in [0.5, 0.6) is 0 Å². The maximum atomic E-state index is 13.0. The smallest absolute Gasteiger partial charge is 0.315 e. The first-order chi connectivity index (χ1) is 37.8. The Balaban J connectivity index is 0.817. The van der Waals surface area contributed by atoms with Crippen molar-refractivity contribution >= 4 is 69.7 Å². The molecule has 0 radical (unpaired) electrons. The molecule has 424 valence electrons. The lowest BCUT2D eigenvalue weighted by Gasteiger charge is -2.31. The van der Waals surface area contributed by atoms with Gasteiger partial charge in [-0.3, -0.25) is 9.59 Å². The summed E-state index contributed by atoms with van der Waals surface area (Å²) >= 11 is 0. The van der Waals surface area contributed by atoms with E-state index in [2.05, 4.69) is 53.2 Å². The van der Waals surface area contributed by atoms with Crippen molar-refractivity contribution in [3.63, 3.8) is 0 Å². The Labute approximate surface area is 447 Å². The number of anilines is 4. The molecular weight excluding hydrogens is 1020 g/mol. The highest BCUT2D eigenvalue weighted by molar-refractivity contribution is 5.86. The zero-order valence-corrected chi connectivity index (χ0v) is 43.2. The number of carbonyl (C=O) groups excluding carboxylic acids is 4. The first-order valence-corrected chi connectivity index (χ1v) is 27.4. The number of aliphatic hydroxyl groups is 6. The van der Waals surface area contributed by atoms with E-state index in [1.165, 1.54) is 0 Å². The second-order valence-corrected chi connectivity index (χ2v) is 21.9. The van der Waals surface area contributed by atoms with E-state index in [1.807, 2.05) is 9.80 Å². The molecule has 6 amide bonds. The fourth-order valence-corrected chi connectivity index (χ4v) is 12.4. The van der Waals surface area contributed by atoms with Gasteiger partial charge in [0.15, 0.2) is 34.0 Å². The van der Waals surface area contributed by atoms with Gasteiger partial charge in [0, 0.05) is 75.5 Å². The summed E-state index contributed by atoms with van der Waals surface area (Å²) in [6.45, 7) is 3.62. The average molecular weight is 1090 g/mol. The minimum Gasteiger partial charge on any atom is -0.388 e. The zero-order valence-electron chi connectivity index (χ0n) is 43.2. The maximum Gasteiger partial charge on any atom is 0.315 e. The van der Waals surface area contributed by atoms with Gasteiger partial charge in [-0.2, -0.15) is 19.9 Å². The molecule has 7 aliphatic rings. The Morgan fingerprint density at radius 2 is 0.923 bits per heavy atom. The van der Waals surface area contributed by atoms with Crippen LogP contribution in [0.1, 0.15) is 76.3 Å². The predicted octanol–water partition coefficient (Wildman–Crippen LogP) is -4.43. The highest BCUT2D eigenvalue weighted by atomic mass is 16.3. The van der Waals surface area contributed by atoms with Gasteiger partial charge in [0.2, 0.25) is 23.7 Å². The molecule has 0 bridgehead atoms. The largest absolute Gasteiger partial charge is 0.388 e. The van der Waals surface area contributed by atoms with Crippen LogP contribution in [0.2, 0.25) is 0 Å². The van der Waals surface area contributed by atoms with Crippen LogP contribution in [0.3, 0.4) is 0 Å². The third-order valence-corrected chi connectivity index (χ3v) is 16.6. The molecule has 4 aliphatic heterocycles. The highest BCUT2D eigenvalue weighted by Gasteiger charge is 2.46. The molecule has 78 heavy (non-hydrogen) atoms. The van der Waals surface area contributed by atoms with Gasteiger partial charge in [-0.1, -0.05) is 0 Å². The van der Waals surface area contributed by atoms with Crippen molar-refractivity contribution in [2.45, 2.75) is 149 Å². The van der Waals surface area contributed by atoms with Crippen molar-refractivity contribution in [3.8, 4) is 0 Å². The molecule has 3 aliphatic carbocycles. The van der Waals surface area contributed by atoms with Gasteiger partial charge in [-0.25, -0.2) is 19.6 Å². The minimum atomic E-state index is -1.31. The van der Waals surface area contributed by atoms with E-state index in [-0.39, 0.29) is 61.2 Å². The van der Waals surface area contributed by atoms with E-state index in [9.17, 15) is 49.8 Å². The third-order valence-electron chi connectivity index (χ3n) is 16.6. The SMILES string of the molecule is O=C(CO)N[C@H]1C[C@@H](n2cnc3c(NC4CCC(Nc5nc(N6CC[C@@H](NC(=O)N[C@@H]7CCNC7)C6)nc6c5ncn6[C@@H]5C[C@H](NC(=O)CO)[C@@H](O)[C@H]5O)CC4)nc(N4CC[C@@H](NC(=O)N[C@@H]5CCNC5)C4)nc32)[C@H](O)[C@@H]1O. The van der Waals surface area contributed by atoms with Gasteiger partial charge in [0.1, 0.15) is 37.6 Å². The van der Waals surface area contributed by atoms with E-state index in [4.69, 9.17) is 29.9 Å². The van der Waals surface area contributed by atoms with Crippen molar-refractivity contribution in [2.75, 3.05) is 86.0 Å². The van der Waals surface area contributed by atoms with Crippen LogP contribution in [0.25, 0.3) is 22.3 Å². The molecule has 0 spiro atoms. The van der Waals surface area contributed by atoms with E-state index in [1.54, 1.807) is 21.8 Å². The Kier molecular flexibility index (Phi) is 15.8. The molecule has 11 rings (SSSR count). The number of hydrogen-bond donors (Lipinski definition) is 16. The summed E-state index contributed by atoms with van der Waals surface area (Å²) in [7, 11) is 0. The zero-order chi connectivity index (χ0) is 54.2. The van der Waals surface area contributed by atoms with E-state index >= 15 is 0 Å². The molecule has 12 atom stereocenters. The molecule has 30 heteroatoms. The summed E-state index contributed by atoms with van der Waals surface area (Å²) in [5.41, 5.74) is 1.71. The van der Waals surface area contributed by atoms with Crippen molar-refractivity contribution in [1.29, 1.82) is 0 Å². The van der Waals surface area contributed by atoms with Crippen LogP contribution in [0.15, 0.2) is 12.7 Å². The molecular formula is C48H72N20O10. The lowest BCUT2D eigenvalue weighted by Crippen LogP contribution is -2.47. The second-order valence-electron chi connectivity index (χ2n) is 21.9. The van der Waals surface area contributed by atoms with E-state index < -0.39 is 73.6 Å². The fraction of sp³-hybridized carbons (Fsp3) is 0.708. The number of nitrogens with one attached hydrogen (secondary N) is 10. The highest BCUT2D eigenvalue weighted by Crippen LogP contribution is 2.38. The van der Waals surface area contributed by atoms with Gasteiger partial charge in [-0.15, -0.1) is 0 Å². The Morgan fingerprint density at radius 1 is 0.513 bits per heavy atom. The minimum absolute atomic E-state index is 0.0630. The molecule has 0 aromatic carbocycles. The normalized spacial score (nSPS) is 32.0. The maximum absolute atomic E-state index is 13.0. The topological polar surface area (TPSA) is 404 Å². The predicted molar refractivity (Wildman–Crippen MR) is 280 cm³/mol. The Morgan fingerprint density at radius 3 is 1.31 bits per heavy atom. The van der Waals surface area contributed by atoms with Gasteiger partial charge >= 0.3 is 12.1 Å². The molecule has 4 saturated heterocycles.